The SMILES string of the molecule is CC1CCN(c2cnccc2CNC2CC2)CC1. The number of hydrogen-bond acceptors (Lipinski definition) is 3. The number of aromatic nitrogens is 1. The quantitative estimate of drug-likeness (QED) is 0.883. The van der Waals surface area contributed by atoms with Gasteiger partial charge in [-0.05, 0) is 43.2 Å². The van der Waals surface area contributed by atoms with Crippen LogP contribution in [-0.2, 0) is 6.54 Å². The number of rotatable bonds is 4. The molecule has 0 amide bonds. The fraction of sp³-hybridized carbons (Fsp3) is 0.667. The minimum Gasteiger partial charge on any atom is -0.370 e. The van der Waals surface area contributed by atoms with E-state index in [1.165, 1.54) is 50.0 Å². The van der Waals surface area contributed by atoms with E-state index in [4.69, 9.17) is 0 Å². The maximum absolute atomic E-state index is 4.31. The Morgan fingerprint density at radius 1 is 1.28 bits per heavy atom. The van der Waals surface area contributed by atoms with Crippen LogP contribution >= 0.6 is 0 Å². The standard InChI is InChI=1S/C15H23N3/c1-12-5-8-18(9-6-12)15-11-16-7-4-13(15)10-17-14-2-3-14/h4,7,11-12,14,17H,2-3,5-6,8-10H2,1H3. The van der Waals surface area contributed by atoms with Crippen molar-refractivity contribution in [2.45, 2.75) is 45.2 Å². The Kier molecular flexibility index (Phi) is 3.50. The molecule has 0 spiro atoms. The fourth-order valence-corrected chi connectivity index (χ4v) is 2.64. The van der Waals surface area contributed by atoms with Crippen LogP contribution in [0.4, 0.5) is 5.69 Å². The molecule has 2 fully saturated rings. The average molecular weight is 245 g/mol. The monoisotopic (exact) mass is 245 g/mol. The van der Waals surface area contributed by atoms with E-state index in [-0.39, 0.29) is 0 Å². The van der Waals surface area contributed by atoms with Crippen LogP contribution in [0.15, 0.2) is 18.5 Å². The van der Waals surface area contributed by atoms with Crippen molar-refractivity contribution < 1.29 is 0 Å². The molecule has 2 heterocycles. The lowest BCUT2D eigenvalue weighted by Gasteiger charge is -2.33. The second-order valence-electron chi connectivity index (χ2n) is 5.83. The Balaban J connectivity index is 1.69. The van der Waals surface area contributed by atoms with Crippen molar-refractivity contribution in [3.05, 3.63) is 24.0 Å². The van der Waals surface area contributed by atoms with Crippen LogP contribution in [0.3, 0.4) is 0 Å². The predicted octanol–water partition coefficient (Wildman–Crippen LogP) is 2.57. The van der Waals surface area contributed by atoms with Crippen LogP contribution in [0.25, 0.3) is 0 Å². The highest BCUT2D eigenvalue weighted by molar-refractivity contribution is 5.52. The molecule has 1 saturated carbocycles. The van der Waals surface area contributed by atoms with Crippen molar-refractivity contribution in [1.29, 1.82) is 0 Å². The molecule has 0 aromatic carbocycles. The lowest BCUT2D eigenvalue weighted by Crippen LogP contribution is -2.34. The molecular formula is C15H23N3. The van der Waals surface area contributed by atoms with Crippen LogP contribution in [0.2, 0.25) is 0 Å². The minimum atomic E-state index is 0.771. The Morgan fingerprint density at radius 2 is 2.06 bits per heavy atom. The molecule has 1 aromatic rings. The van der Waals surface area contributed by atoms with Crippen molar-refractivity contribution in [2.75, 3.05) is 18.0 Å². The summed E-state index contributed by atoms with van der Waals surface area (Å²) in [4.78, 5) is 6.82. The zero-order chi connectivity index (χ0) is 12.4. The van der Waals surface area contributed by atoms with E-state index < -0.39 is 0 Å². The molecule has 1 aliphatic heterocycles. The third kappa shape index (κ3) is 2.83. The van der Waals surface area contributed by atoms with Gasteiger partial charge in [0.25, 0.3) is 0 Å². The summed E-state index contributed by atoms with van der Waals surface area (Å²) in [7, 11) is 0. The number of anilines is 1. The summed E-state index contributed by atoms with van der Waals surface area (Å²) in [5.41, 5.74) is 2.75. The molecule has 3 rings (SSSR count). The maximum atomic E-state index is 4.31. The van der Waals surface area contributed by atoms with E-state index in [2.05, 4.69) is 28.2 Å². The van der Waals surface area contributed by atoms with Crippen LogP contribution in [0.1, 0.15) is 38.2 Å². The fourth-order valence-electron chi connectivity index (χ4n) is 2.64. The van der Waals surface area contributed by atoms with E-state index >= 15 is 0 Å². The molecule has 3 nitrogen and oxygen atoms in total. The summed E-state index contributed by atoms with van der Waals surface area (Å²) >= 11 is 0. The first kappa shape index (κ1) is 12.0. The molecule has 98 valence electrons. The second kappa shape index (κ2) is 5.27. The molecule has 1 aliphatic carbocycles. The van der Waals surface area contributed by atoms with Gasteiger partial charge in [0.15, 0.2) is 0 Å². The third-order valence-corrected chi connectivity index (χ3v) is 4.17. The smallest absolute Gasteiger partial charge is 0.0598 e. The predicted molar refractivity (Wildman–Crippen MR) is 74.7 cm³/mol. The second-order valence-corrected chi connectivity index (χ2v) is 5.83. The molecule has 0 bridgehead atoms. The minimum absolute atomic E-state index is 0.771. The number of piperidine rings is 1. The van der Waals surface area contributed by atoms with Crippen molar-refractivity contribution >= 4 is 5.69 Å². The highest BCUT2D eigenvalue weighted by Gasteiger charge is 2.22. The molecule has 0 radical (unpaired) electrons. The van der Waals surface area contributed by atoms with Crippen molar-refractivity contribution in [3.63, 3.8) is 0 Å². The first-order valence-electron chi connectivity index (χ1n) is 7.24. The largest absolute Gasteiger partial charge is 0.370 e. The van der Waals surface area contributed by atoms with Crippen LogP contribution < -0.4 is 10.2 Å². The van der Waals surface area contributed by atoms with Gasteiger partial charge in [0, 0.05) is 31.9 Å². The van der Waals surface area contributed by atoms with Crippen LogP contribution in [-0.4, -0.2) is 24.1 Å². The van der Waals surface area contributed by atoms with Gasteiger partial charge in [0.05, 0.1) is 11.9 Å². The topological polar surface area (TPSA) is 28.2 Å². The third-order valence-electron chi connectivity index (χ3n) is 4.17. The van der Waals surface area contributed by atoms with Gasteiger partial charge in [-0.3, -0.25) is 4.98 Å². The molecule has 1 saturated heterocycles. The lowest BCUT2D eigenvalue weighted by atomic mass is 9.98. The summed E-state index contributed by atoms with van der Waals surface area (Å²) in [6, 6.07) is 2.94. The molecule has 18 heavy (non-hydrogen) atoms. The summed E-state index contributed by atoms with van der Waals surface area (Å²) in [6.45, 7) is 5.72. The first-order valence-corrected chi connectivity index (χ1v) is 7.24. The zero-order valence-corrected chi connectivity index (χ0v) is 11.2. The van der Waals surface area contributed by atoms with E-state index in [1.807, 2.05) is 12.4 Å². The molecule has 1 N–H and O–H groups in total. The van der Waals surface area contributed by atoms with E-state index in [1.54, 1.807) is 0 Å². The molecule has 0 atom stereocenters. The van der Waals surface area contributed by atoms with Crippen LogP contribution in [0.5, 0.6) is 0 Å². The first-order chi connectivity index (χ1) is 8.83. The molecule has 0 unspecified atom stereocenters. The van der Waals surface area contributed by atoms with Crippen molar-refractivity contribution in [3.8, 4) is 0 Å². The number of nitrogens with one attached hydrogen (secondary N) is 1. The van der Waals surface area contributed by atoms with Gasteiger partial charge in [-0.25, -0.2) is 0 Å². The van der Waals surface area contributed by atoms with Crippen molar-refractivity contribution in [1.82, 2.24) is 10.3 Å². The number of pyridine rings is 1. The Hall–Kier alpha value is -1.09. The average Bonchev–Trinajstić information content (AvgIpc) is 3.22. The van der Waals surface area contributed by atoms with Gasteiger partial charge in [0.2, 0.25) is 0 Å². The Morgan fingerprint density at radius 3 is 2.78 bits per heavy atom. The Bertz CT molecular complexity index is 392. The van der Waals surface area contributed by atoms with Gasteiger partial charge in [-0.2, -0.15) is 0 Å². The molecule has 2 aliphatic rings. The molecule has 1 aromatic heterocycles. The zero-order valence-electron chi connectivity index (χ0n) is 11.2. The van der Waals surface area contributed by atoms with E-state index in [9.17, 15) is 0 Å². The van der Waals surface area contributed by atoms with Gasteiger partial charge in [-0.15, -0.1) is 0 Å². The Labute approximate surface area is 110 Å². The van der Waals surface area contributed by atoms with Gasteiger partial charge < -0.3 is 10.2 Å². The number of hydrogen-bond donors (Lipinski definition) is 1. The summed E-state index contributed by atoms with van der Waals surface area (Å²) < 4.78 is 0. The molecular weight excluding hydrogens is 222 g/mol. The lowest BCUT2D eigenvalue weighted by molar-refractivity contribution is 0.437. The highest BCUT2D eigenvalue weighted by Crippen LogP contribution is 2.26. The van der Waals surface area contributed by atoms with Gasteiger partial charge >= 0.3 is 0 Å². The summed E-state index contributed by atoms with van der Waals surface area (Å²) in [5, 5.41) is 3.61. The van der Waals surface area contributed by atoms with E-state index in [0.717, 1.165) is 18.5 Å². The van der Waals surface area contributed by atoms with Crippen LogP contribution in [0, 0.1) is 5.92 Å². The maximum Gasteiger partial charge on any atom is 0.0598 e. The highest BCUT2D eigenvalue weighted by atomic mass is 15.1. The van der Waals surface area contributed by atoms with Crippen molar-refractivity contribution in [2.24, 2.45) is 5.92 Å². The summed E-state index contributed by atoms with van der Waals surface area (Å²) in [6.07, 6.45) is 9.28. The van der Waals surface area contributed by atoms with E-state index in [0.29, 0.717) is 0 Å². The molecule has 3 heteroatoms. The number of nitrogens with zero attached hydrogens (tertiary/aromatic N) is 2. The summed E-state index contributed by atoms with van der Waals surface area (Å²) in [5.74, 6) is 0.881. The van der Waals surface area contributed by atoms with Gasteiger partial charge in [0.1, 0.15) is 0 Å². The van der Waals surface area contributed by atoms with Gasteiger partial charge in [-0.1, -0.05) is 6.92 Å². The normalized spacial score (nSPS) is 21.3.